The topological polar surface area (TPSA) is 68.5 Å². The first-order chi connectivity index (χ1) is 14.5. The molecule has 5 nitrogen and oxygen atoms in total. The van der Waals surface area contributed by atoms with Crippen LogP contribution in [-0.4, -0.2) is 41.4 Å². The number of allylic oxidation sites excluding steroid dienone is 1. The van der Waals surface area contributed by atoms with E-state index in [4.69, 9.17) is 21.6 Å². The molecule has 1 aliphatic heterocycles. The maximum absolute atomic E-state index is 14.0. The van der Waals surface area contributed by atoms with Gasteiger partial charge in [-0.05, 0) is 56.0 Å². The summed E-state index contributed by atoms with van der Waals surface area (Å²) in [7, 11) is 0. The number of nitrogens with zero attached hydrogens (tertiary/aromatic N) is 2. The molecule has 0 saturated carbocycles. The molecular weight excluding hydrogens is 425 g/mol. The first-order valence-electron chi connectivity index (χ1n) is 10.2. The number of aliphatic hydroxyl groups is 1. The van der Waals surface area contributed by atoms with Gasteiger partial charge in [0.2, 0.25) is 0 Å². The molecule has 0 spiro atoms. The highest BCUT2D eigenvalue weighted by Crippen LogP contribution is 2.34. The van der Waals surface area contributed by atoms with E-state index in [1.165, 1.54) is 6.07 Å². The summed E-state index contributed by atoms with van der Waals surface area (Å²) < 4.78 is 22.0. The summed E-state index contributed by atoms with van der Waals surface area (Å²) in [4.78, 5) is 1.10. The Bertz CT molecular complexity index is 834. The second-order valence-corrected chi connectivity index (χ2v) is 9.12. The van der Waals surface area contributed by atoms with Gasteiger partial charge in [0.05, 0.1) is 17.7 Å². The van der Waals surface area contributed by atoms with Crippen molar-refractivity contribution in [2.24, 2.45) is 5.92 Å². The molecule has 1 aromatic carbocycles. The van der Waals surface area contributed by atoms with E-state index in [0.717, 1.165) is 42.3 Å². The fourth-order valence-corrected chi connectivity index (χ4v) is 5.08. The quantitative estimate of drug-likeness (QED) is 0.454. The molecule has 3 rings (SSSR count). The van der Waals surface area contributed by atoms with Gasteiger partial charge in [0.1, 0.15) is 12.0 Å². The Morgan fingerprint density at radius 3 is 2.87 bits per heavy atom. The number of nitrogens with one attached hydrogen (secondary N) is 1. The highest BCUT2D eigenvalue weighted by Gasteiger charge is 2.26. The molecule has 0 radical (unpaired) electrons. The molecule has 162 valence electrons. The van der Waals surface area contributed by atoms with Crippen molar-refractivity contribution in [2.45, 2.75) is 45.1 Å². The number of rotatable bonds is 8. The van der Waals surface area contributed by atoms with Crippen molar-refractivity contribution in [3.8, 4) is 6.07 Å². The maximum Gasteiger partial charge on any atom is 0.129 e. The van der Waals surface area contributed by atoms with Gasteiger partial charge in [0, 0.05) is 54.1 Å². The molecule has 8 heteroatoms. The maximum atomic E-state index is 14.0. The van der Waals surface area contributed by atoms with Crippen LogP contribution >= 0.6 is 23.5 Å². The number of aliphatic hydroxyl groups excluding tert-OH is 1. The van der Waals surface area contributed by atoms with Gasteiger partial charge in [-0.2, -0.15) is 5.26 Å². The van der Waals surface area contributed by atoms with Gasteiger partial charge in [-0.25, -0.2) is 8.70 Å². The minimum atomic E-state index is -0.697. The third-order valence-corrected chi connectivity index (χ3v) is 6.64. The first-order valence-corrected chi connectivity index (χ1v) is 11.4. The van der Waals surface area contributed by atoms with Crippen LogP contribution in [0, 0.1) is 23.1 Å². The standard InChI is InChI=1S/C22H27ClFN3O2S/c1-2-29-19-10-18(23)11-20(12-19)30-27-7-5-16(6-8-27)22(28)26-14-17-4-3-15(13-25)9-21(17)24/h3-4,9,11-12,16,19,22,26,28H,2,5-8,10,14H2,1H3. The fourth-order valence-electron chi connectivity index (χ4n) is 3.65. The van der Waals surface area contributed by atoms with Crippen LogP contribution in [0.15, 0.2) is 40.3 Å². The Labute approximate surface area is 186 Å². The first kappa shape index (κ1) is 23.3. The van der Waals surface area contributed by atoms with E-state index in [0.29, 0.717) is 17.7 Å². The molecule has 0 aromatic heterocycles. The van der Waals surface area contributed by atoms with E-state index < -0.39 is 12.0 Å². The summed E-state index contributed by atoms with van der Waals surface area (Å²) in [6.45, 7) is 4.56. The third-order valence-electron chi connectivity index (χ3n) is 5.29. The van der Waals surface area contributed by atoms with Crippen LogP contribution in [0.25, 0.3) is 0 Å². The highest BCUT2D eigenvalue weighted by molar-refractivity contribution is 8.01. The fraction of sp³-hybridized carbons (Fsp3) is 0.500. The Morgan fingerprint density at radius 2 is 2.20 bits per heavy atom. The number of hydrogen-bond donors (Lipinski definition) is 2. The van der Waals surface area contributed by atoms with Crippen molar-refractivity contribution < 1.29 is 14.2 Å². The lowest BCUT2D eigenvalue weighted by Crippen LogP contribution is -2.41. The second kappa shape index (κ2) is 11.3. The molecular formula is C22H27ClFN3O2S. The number of halogens is 2. The zero-order chi connectivity index (χ0) is 21.5. The lowest BCUT2D eigenvalue weighted by molar-refractivity contribution is 0.0483. The van der Waals surface area contributed by atoms with Crippen LogP contribution in [0.4, 0.5) is 4.39 Å². The van der Waals surface area contributed by atoms with Crippen LogP contribution in [0.1, 0.15) is 37.3 Å². The van der Waals surface area contributed by atoms with Crippen molar-refractivity contribution in [3.63, 3.8) is 0 Å². The molecule has 2 aliphatic rings. The molecule has 0 amide bonds. The van der Waals surface area contributed by atoms with Gasteiger partial charge in [0.15, 0.2) is 0 Å². The Kier molecular flexibility index (Phi) is 8.75. The average Bonchev–Trinajstić information content (AvgIpc) is 2.73. The number of hydrogen-bond acceptors (Lipinski definition) is 6. The van der Waals surface area contributed by atoms with Crippen molar-refractivity contribution >= 4 is 23.5 Å². The highest BCUT2D eigenvalue weighted by atomic mass is 35.5. The summed E-state index contributed by atoms with van der Waals surface area (Å²) in [6, 6.07) is 6.30. The summed E-state index contributed by atoms with van der Waals surface area (Å²) in [5, 5.41) is 23.1. The summed E-state index contributed by atoms with van der Waals surface area (Å²) >= 11 is 7.94. The zero-order valence-corrected chi connectivity index (χ0v) is 18.6. The van der Waals surface area contributed by atoms with Crippen molar-refractivity contribution in [1.29, 1.82) is 5.26 Å². The van der Waals surface area contributed by atoms with Gasteiger partial charge in [0.25, 0.3) is 0 Å². The minimum Gasteiger partial charge on any atom is -0.378 e. The predicted octanol–water partition coefficient (Wildman–Crippen LogP) is 4.28. The lowest BCUT2D eigenvalue weighted by atomic mass is 9.96. The van der Waals surface area contributed by atoms with E-state index in [9.17, 15) is 9.50 Å². The molecule has 1 aromatic rings. The molecule has 0 bridgehead atoms. The van der Waals surface area contributed by atoms with E-state index in [-0.39, 0.29) is 18.6 Å². The van der Waals surface area contributed by atoms with Crippen LogP contribution in [0.3, 0.4) is 0 Å². The Balaban J connectivity index is 1.45. The summed E-state index contributed by atoms with van der Waals surface area (Å²) in [5.41, 5.74) is 0.733. The van der Waals surface area contributed by atoms with Crippen molar-refractivity contribution in [1.82, 2.24) is 9.62 Å². The third kappa shape index (κ3) is 6.55. The number of benzene rings is 1. The van der Waals surface area contributed by atoms with Crippen LogP contribution < -0.4 is 5.32 Å². The average molecular weight is 452 g/mol. The van der Waals surface area contributed by atoms with E-state index in [1.807, 2.05) is 19.1 Å². The lowest BCUT2D eigenvalue weighted by Gasteiger charge is -2.34. The normalized spacial score (nSPS) is 21.6. The Morgan fingerprint density at radius 1 is 1.43 bits per heavy atom. The molecule has 2 atom stereocenters. The minimum absolute atomic E-state index is 0.0289. The Hall–Kier alpha value is -1.40. The summed E-state index contributed by atoms with van der Waals surface area (Å²) in [5.74, 6) is -0.322. The van der Waals surface area contributed by atoms with Gasteiger partial charge in [-0.15, -0.1) is 0 Å². The van der Waals surface area contributed by atoms with E-state index in [2.05, 4.69) is 15.7 Å². The molecule has 30 heavy (non-hydrogen) atoms. The molecule has 1 saturated heterocycles. The number of nitriles is 1. The molecule has 1 heterocycles. The largest absolute Gasteiger partial charge is 0.378 e. The predicted molar refractivity (Wildman–Crippen MR) is 118 cm³/mol. The van der Waals surface area contributed by atoms with Gasteiger partial charge < -0.3 is 9.84 Å². The van der Waals surface area contributed by atoms with Crippen molar-refractivity contribution in [2.75, 3.05) is 19.7 Å². The van der Waals surface area contributed by atoms with Gasteiger partial charge in [-0.1, -0.05) is 17.7 Å². The molecule has 2 N–H and O–H groups in total. The SMILES string of the molecule is CCOC1C=C(SN2CCC(C(O)NCc3ccc(C#N)cc3F)CC2)C=C(Cl)C1. The molecule has 2 unspecified atom stereocenters. The number of ether oxygens (including phenoxy) is 1. The summed E-state index contributed by atoms with van der Waals surface area (Å²) in [6.07, 6.45) is 5.86. The van der Waals surface area contributed by atoms with Crippen LogP contribution in [0.5, 0.6) is 0 Å². The van der Waals surface area contributed by atoms with Crippen LogP contribution in [0.2, 0.25) is 0 Å². The molecule has 1 aliphatic carbocycles. The van der Waals surface area contributed by atoms with Gasteiger partial charge in [-0.3, -0.25) is 5.32 Å². The van der Waals surface area contributed by atoms with E-state index in [1.54, 1.807) is 24.1 Å². The smallest absolute Gasteiger partial charge is 0.129 e. The molecule has 1 fully saturated rings. The van der Waals surface area contributed by atoms with Gasteiger partial charge >= 0.3 is 0 Å². The van der Waals surface area contributed by atoms with E-state index >= 15 is 0 Å². The van der Waals surface area contributed by atoms with Crippen LogP contribution in [-0.2, 0) is 11.3 Å². The van der Waals surface area contributed by atoms with Crippen molar-refractivity contribution in [3.05, 3.63) is 57.2 Å². The second-order valence-electron chi connectivity index (χ2n) is 7.46. The monoisotopic (exact) mass is 451 g/mol. The number of piperidine rings is 1. The zero-order valence-electron chi connectivity index (χ0n) is 17.0.